The fourth-order valence-electron chi connectivity index (χ4n) is 2.75. The molecule has 0 saturated heterocycles. The van der Waals surface area contributed by atoms with Gasteiger partial charge in [-0.25, -0.2) is 0 Å². The van der Waals surface area contributed by atoms with Gasteiger partial charge in [0.1, 0.15) is 0 Å². The molecule has 100 valence electrons. The molecule has 0 aromatic carbocycles. The number of nitrogens with one attached hydrogen (secondary N) is 1. The Morgan fingerprint density at radius 1 is 1.50 bits per heavy atom. The third-order valence-electron chi connectivity index (χ3n) is 3.58. The molecule has 1 aromatic rings. The van der Waals surface area contributed by atoms with Crippen LogP contribution in [0.3, 0.4) is 0 Å². The Labute approximate surface area is 108 Å². The molecule has 0 spiro atoms. The Morgan fingerprint density at radius 2 is 2.33 bits per heavy atom. The number of methoxy groups -OCH3 is 1. The van der Waals surface area contributed by atoms with E-state index in [1.165, 1.54) is 11.3 Å². The molecule has 0 bridgehead atoms. The van der Waals surface area contributed by atoms with E-state index in [9.17, 15) is 4.79 Å². The van der Waals surface area contributed by atoms with Gasteiger partial charge < -0.3 is 14.6 Å². The molecule has 1 aliphatic carbocycles. The van der Waals surface area contributed by atoms with Crippen LogP contribution >= 0.6 is 0 Å². The van der Waals surface area contributed by atoms with Gasteiger partial charge in [-0.2, -0.15) is 0 Å². The minimum Gasteiger partial charge on any atom is -0.383 e. The summed E-state index contributed by atoms with van der Waals surface area (Å²) in [5.74, 6) is 0. The summed E-state index contributed by atoms with van der Waals surface area (Å²) < 4.78 is 6.97. The lowest BCUT2D eigenvalue weighted by molar-refractivity contribution is 0.184. The van der Waals surface area contributed by atoms with Crippen molar-refractivity contribution in [1.29, 1.82) is 0 Å². The van der Waals surface area contributed by atoms with E-state index < -0.39 is 0 Å². The van der Waals surface area contributed by atoms with Crippen molar-refractivity contribution in [2.24, 2.45) is 0 Å². The van der Waals surface area contributed by atoms with Crippen molar-refractivity contribution in [2.45, 2.75) is 38.8 Å². The molecule has 0 amide bonds. The van der Waals surface area contributed by atoms with Crippen LogP contribution in [0, 0.1) is 0 Å². The Balaban J connectivity index is 2.36. The summed E-state index contributed by atoms with van der Waals surface area (Å²) in [6.07, 6.45) is 3.29. The molecule has 1 aliphatic rings. The van der Waals surface area contributed by atoms with Gasteiger partial charge in [0.25, 0.3) is 5.56 Å². The number of ether oxygens (including phenoxy) is 1. The van der Waals surface area contributed by atoms with Gasteiger partial charge in [-0.15, -0.1) is 0 Å². The molecule has 4 heteroatoms. The number of hydrogen-bond acceptors (Lipinski definition) is 3. The maximum atomic E-state index is 11.9. The number of fused-ring (bicyclic) bond motifs is 1. The number of pyridine rings is 1. The summed E-state index contributed by atoms with van der Waals surface area (Å²) in [5, 5.41) is 3.50. The van der Waals surface area contributed by atoms with Crippen molar-refractivity contribution in [3.8, 4) is 0 Å². The van der Waals surface area contributed by atoms with Crippen LogP contribution in [0.15, 0.2) is 16.9 Å². The van der Waals surface area contributed by atoms with Crippen LogP contribution < -0.4 is 10.9 Å². The molecule has 4 nitrogen and oxygen atoms in total. The Bertz CT molecular complexity index is 454. The van der Waals surface area contributed by atoms with E-state index in [0.29, 0.717) is 19.2 Å². The Morgan fingerprint density at radius 3 is 3.06 bits per heavy atom. The SMILES string of the molecule is CCNC1CCCc2c1ccc(=O)n2CCOC. The first-order valence-electron chi connectivity index (χ1n) is 6.72. The molecule has 0 radical (unpaired) electrons. The maximum Gasteiger partial charge on any atom is 0.250 e. The van der Waals surface area contributed by atoms with E-state index in [1.807, 2.05) is 10.6 Å². The fraction of sp³-hybridized carbons (Fsp3) is 0.643. The molecule has 1 heterocycles. The first kappa shape index (κ1) is 13.3. The number of rotatable bonds is 5. The molecule has 0 aliphatic heterocycles. The third kappa shape index (κ3) is 2.65. The quantitative estimate of drug-likeness (QED) is 0.861. The van der Waals surface area contributed by atoms with Crippen LogP contribution in [0.5, 0.6) is 0 Å². The van der Waals surface area contributed by atoms with Crippen molar-refractivity contribution in [1.82, 2.24) is 9.88 Å². The Hall–Kier alpha value is -1.13. The predicted molar refractivity (Wildman–Crippen MR) is 71.9 cm³/mol. The van der Waals surface area contributed by atoms with E-state index in [0.717, 1.165) is 25.8 Å². The molecule has 0 saturated carbocycles. The second-order valence-corrected chi connectivity index (χ2v) is 4.72. The highest BCUT2D eigenvalue weighted by Crippen LogP contribution is 2.28. The zero-order valence-corrected chi connectivity index (χ0v) is 11.2. The van der Waals surface area contributed by atoms with Crippen molar-refractivity contribution in [3.63, 3.8) is 0 Å². The summed E-state index contributed by atoms with van der Waals surface area (Å²) in [7, 11) is 1.67. The molecule has 1 unspecified atom stereocenters. The van der Waals surface area contributed by atoms with Gasteiger partial charge >= 0.3 is 0 Å². The molecule has 1 atom stereocenters. The molecule has 18 heavy (non-hydrogen) atoms. The smallest absolute Gasteiger partial charge is 0.250 e. The van der Waals surface area contributed by atoms with Crippen molar-refractivity contribution in [3.05, 3.63) is 33.7 Å². The largest absolute Gasteiger partial charge is 0.383 e. The lowest BCUT2D eigenvalue weighted by Crippen LogP contribution is -2.32. The topological polar surface area (TPSA) is 43.3 Å². The zero-order valence-electron chi connectivity index (χ0n) is 11.2. The van der Waals surface area contributed by atoms with Gasteiger partial charge in [0.2, 0.25) is 0 Å². The summed E-state index contributed by atoms with van der Waals surface area (Å²) in [5.41, 5.74) is 2.57. The standard InChI is InChI=1S/C14H22N2O2/c1-3-15-12-5-4-6-13-11(12)7-8-14(17)16(13)9-10-18-2/h7-8,12,15H,3-6,9-10H2,1-2H3. The van der Waals surface area contributed by atoms with Gasteiger partial charge in [0.15, 0.2) is 0 Å². The van der Waals surface area contributed by atoms with Crippen molar-refractivity contribution >= 4 is 0 Å². The zero-order chi connectivity index (χ0) is 13.0. The minimum absolute atomic E-state index is 0.0861. The van der Waals surface area contributed by atoms with E-state index >= 15 is 0 Å². The summed E-state index contributed by atoms with van der Waals surface area (Å²) in [6, 6.07) is 4.07. The van der Waals surface area contributed by atoms with Crippen LogP contribution in [-0.4, -0.2) is 24.8 Å². The maximum absolute atomic E-state index is 11.9. The molecular formula is C14H22N2O2. The molecular weight excluding hydrogens is 228 g/mol. The molecule has 2 rings (SSSR count). The lowest BCUT2D eigenvalue weighted by Gasteiger charge is -2.28. The summed E-state index contributed by atoms with van der Waals surface area (Å²) in [4.78, 5) is 11.9. The number of aromatic nitrogens is 1. The van der Waals surface area contributed by atoms with E-state index in [4.69, 9.17) is 4.74 Å². The first-order chi connectivity index (χ1) is 8.77. The van der Waals surface area contributed by atoms with Crippen molar-refractivity contribution in [2.75, 3.05) is 20.3 Å². The summed E-state index contributed by atoms with van der Waals surface area (Å²) in [6.45, 7) is 4.32. The highest BCUT2D eigenvalue weighted by Gasteiger charge is 2.22. The molecule has 1 aromatic heterocycles. The third-order valence-corrected chi connectivity index (χ3v) is 3.58. The van der Waals surface area contributed by atoms with Gasteiger partial charge in [-0.05, 0) is 31.4 Å². The van der Waals surface area contributed by atoms with Crippen LogP contribution in [0.1, 0.15) is 37.1 Å². The van der Waals surface area contributed by atoms with E-state index in [2.05, 4.69) is 12.2 Å². The fourth-order valence-corrected chi connectivity index (χ4v) is 2.75. The van der Waals surface area contributed by atoms with Crippen LogP contribution in [-0.2, 0) is 17.7 Å². The molecule has 0 fully saturated rings. The second-order valence-electron chi connectivity index (χ2n) is 4.72. The van der Waals surface area contributed by atoms with Gasteiger partial charge in [0, 0.05) is 31.5 Å². The normalized spacial score (nSPS) is 18.7. The summed E-state index contributed by atoms with van der Waals surface area (Å²) >= 11 is 0. The predicted octanol–water partition coefficient (Wildman–Crippen LogP) is 1.48. The average Bonchev–Trinajstić information content (AvgIpc) is 2.38. The van der Waals surface area contributed by atoms with Crippen LogP contribution in [0.4, 0.5) is 0 Å². The first-order valence-corrected chi connectivity index (χ1v) is 6.72. The number of nitrogens with zero attached hydrogens (tertiary/aromatic N) is 1. The highest BCUT2D eigenvalue weighted by atomic mass is 16.5. The van der Waals surface area contributed by atoms with Crippen LogP contribution in [0.2, 0.25) is 0 Å². The monoisotopic (exact) mass is 250 g/mol. The van der Waals surface area contributed by atoms with E-state index in [-0.39, 0.29) is 5.56 Å². The minimum atomic E-state index is 0.0861. The van der Waals surface area contributed by atoms with E-state index in [1.54, 1.807) is 13.2 Å². The lowest BCUT2D eigenvalue weighted by atomic mass is 9.91. The van der Waals surface area contributed by atoms with Crippen LogP contribution in [0.25, 0.3) is 0 Å². The average molecular weight is 250 g/mol. The number of hydrogen-bond donors (Lipinski definition) is 1. The van der Waals surface area contributed by atoms with Crippen molar-refractivity contribution < 1.29 is 4.74 Å². The van der Waals surface area contributed by atoms with Gasteiger partial charge in [0.05, 0.1) is 6.61 Å². The second kappa shape index (κ2) is 6.16. The van der Waals surface area contributed by atoms with Gasteiger partial charge in [-0.3, -0.25) is 4.79 Å². The van der Waals surface area contributed by atoms with Gasteiger partial charge in [-0.1, -0.05) is 13.0 Å². The highest BCUT2D eigenvalue weighted by molar-refractivity contribution is 5.27. The molecule has 1 N–H and O–H groups in total. The Kier molecular flexibility index (Phi) is 4.55.